The van der Waals surface area contributed by atoms with Crippen LogP contribution in [0.1, 0.15) is 59.8 Å². The fraction of sp³-hybridized carbons (Fsp3) is 0.929. The maximum Gasteiger partial charge on any atom is 0.335 e. The van der Waals surface area contributed by atoms with Crippen molar-refractivity contribution in [3.63, 3.8) is 0 Å². The van der Waals surface area contributed by atoms with Crippen molar-refractivity contribution >= 4 is 5.97 Å². The number of carboxylic acids is 1. The largest absolute Gasteiger partial charge is 0.479 e. The number of aliphatic carboxylic acids is 1. The molecule has 0 spiro atoms. The zero-order valence-electron chi connectivity index (χ0n) is 11.5. The van der Waals surface area contributed by atoms with Gasteiger partial charge in [0, 0.05) is 5.92 Å². The average Bonchev–Trinajstić information content (AvgIpc) is 2.15. The van der Waals surface area contributed by atoms with Crippen LogP contribution in [-0.2, 0) is 4.79 Å². The molecule has 1 aliphatic carbocycles. The molecular weight excluding hydrogens is 216 g/mol. The van der Waals surface area contributed by atoms with E-state index in [0.717, 1.165) is 19.3 Å². The number of aliphatic hydroxyl groups is 1. The van der Waals surface area contributed by atoms with Crippen molar-refractivity contribution in [3.8, 4) is 0 Å². The lowest BCUT2D eigenvalue weighted by atomic mass is 9.62. The molecule has 3 atom stereocenters. The topological polar surface area (TPSA) is 57.5 Å². The molecule has 0 bridgehead atoms. The Morgan fingerprint density at radius 1 is 1.47 bits per heavy atom. The Bertz CT molecular complexity index is 285. The molecule has 100 valence electrons. The first-order valence-electron chi connectivity index (χ1n) is 6.68. The van der Waals surface area contributed by atoms with Crippen LogP contribution in [0.15, 0.2) is 0 Å². The molecule has 1 fully saturated rings. The van der Waals surface area contributed by atoms with E-state index < -0.39 is 11.6 Å². The Morgan fingerprint density at radius 2 is 2.06 bits per heavy atom. The van der Waals surface area contributed by atoms with E-state index in [1.54, 1.807) is 0 Å². The van der Waals surface area contributed by atoms with Crippen molar-refractivity contribution in [3.05, 3.63) is 0 Å². The van der Waals surface area contributed by atoms with Gasteiger partial charge in [-0.05, 0) is 37.0 Å². The third kappa shape index (κ3) is 3.01. The quantitative estimate of drug-likeness (QED) is 0.796. The van der Waals surface area contributed by atoms with Crippen LogP contribution >= 0.6 is 0 Å². The summed E-state index contributed by atoms with van der Waals surface area (Å²) in [5.74, 6) is -0.879. The molecular formula is C14H26O3. The number of carboxylic acid groups (broad SMARTS) is 1. The second-order valence-electron chi connectivity index (χ2n) is 6.47. The lowest BCUT2D eigenvalue weighted by Crippen LogP contribution is -2.50. The van der Waals surface area contributed by atoms with Gasteiger partial charge in [0.1, 0.15) is 0 Å². The molecule has 3 heteroatoms. The Hall–Kier alpha value is -0.570. The minimum absolute atomic E-state index is 0.104. The Labute approximate surface area is 104 Å². The second kappa shape index (κ2) is 4.97. The molecule has 3 unspecified atom stereocenters. The molecule has 0 radical (unpaired) electrons. The molecule has 0 aromatic carbocycles. The number of carbonyl (C=O) groups is 1. The van der Waals surface area contributed by atoms with Crippen molar-refractivity contribution in [2.45, 2.75) is 65.4 Å². The second-order valence-corrected chi connectivity index (χ2v) is 6.47. The Balaban J connectivity index is 2.87. The molecule has 0 aromatic rings. The van der Waals surface area contributed by atoms with Crippen molar-refractivity contribution in [2.24, 2.45) is 17.3 Å². The molecule has 0 aromatic heterocycles. The molecule has 0 heterocycles. The van der Waals surface area contributed by atoms with E-state index in [1.165, 1.54) is 0 Å². The highest BCUT2D eigenvalue weighted by Gasteiger charge is 2.48. The fourth-order valence-corrected chi connectivity index (χ4v) is 3.49. The van der Waals surface area contributed by atoms with Crippen molar-refractivity contribution in [2.75, 3.05) is 0 Å². The van der Waals surface area contributed by atoms with Gasteiger partial charge in [-0.15, -0.1) is 0 Å². The fourth-order valence-electron chi connectivity index (χ4n) is 3.49. The third-order valence-electron chi connectivity index (χ3n) is 4.31. The van der Waals surface area contributed by atoms with Gasteiger partial charge in [0.15, 0.2) is 5.60 Å². The first-order valence-corrected chi connectivity index (χ1v) is 6.68. The SMILES string of the molecule is CCCC(O)(C(=O)O)C1CCC(C)(C)CC1C. The summed E-state index contributed by atoms with van der Waals surface area (Å²) >= 11 is 0. The van der Waals surface area contributed by atoms with Crippen LogP contribution < -0.4 is 0 Å². The van der Waals surface area contributed by atoms with Crippen molar-refractivity contribution < 1.29 is 15.0 Å². The highest BCUT2D eigenvalue weighted by Crippen LogP contribution is 2.46. The molecule has 1 aliphatic rings. The monoisotopic (exact) mass is 242 g/mol. The zero-order valence-corrected chi connectivity index (χ0v) is 11.5. The molecule has 3 nitrogen and oxygen atoms in total. The predicted molar refractivity (Wildman–Crippen MR) is 67.8 cm³/mol. The molecule has 1 saturated carbocycles. The lowest BCUT2D eigenvalue weighted by Gasteiger charge is -2.45. The summed E-state index contributed by atoms with van der Waals surface area (Å²) in [4.78, 5) is 11.4. The first kappa shape index (κ1) is 14.5. The van der Waals surface area contributed by atoms with E-state index in [4.69, 9.17) is 0 Å². The van der Waals surface area contributed by atoms with E-state index in [2.05, 4.69) is 20.8 Å². The summed E-state index contributed by atoms with van der Waals surface area (Å²) in [6.07, 6.45) is 3.88. The van der Waals surface area contributed by atoms with E-state index >= 15 is 0 Å². The van der Waals surface area contributed by atoms with E-state index in [9.17, 15) is 15.0 Å². The summed E-state index contributed by atoms with van der Waals surface area (Å²) in [6, 6.07) is 0. The standard InChI is InChI=1S/C14H26O3/c1-5-7-14(17,12(15)16)11-6-8-13(3,4)9-10(11)2/h10-11,17H,5-9H2,1-4H3,(H,15,16). The van der Waals surface area contributed by atoms with Gasteiger partial charge in [-0.1, -0.05) is 34.1 Å². The summed E-state index contributed by atoms with van der Waals surface area (Å²) in [7, 11) is 0. The number of rotatable bonds is 4. The third-order valence-corrected chi connectivity index (χ3v) is 4.31. The van der Waals surface area contributed by atoms with Gasteiger partial charge in [0.2, 0.25) is 0 Å². The Morgan fingerprint density at radius 3 is 2.47 bits per heavy atom. The predicted octanol–water partition coefficient (Wildman–Crippen LogP) is 3.06. The van der Waals surface area contributed by atoms with Crippen LogP contribution in [-0.4, -0.2) is 21.8 Å². The highest BCUT2D eigenvalue weighted by atomic mass is 16.4. The van der Waals surface area contributed by atoms with E-state index in [1.807, 2.05) is 6.92 Å². The van der Waals surface area contributed by atoms with Crippen molar-refractivity contribution in [1.29, 1.82) is 0 Å². The van der Waals surface area contributed by atoms with Gasteiger partial charge >= 0.3 is 5.97 Å². The average molecular weight is 242 g/mol. The van der Waals surface area contributed by atoms with Crippen LogP contribution in [0.4, 0.5) is 0 Å². The first-order chi connectivity index (χ1) is 7.73. The highest BCUT2D eigenvalue weighted by molar-refractivity contribution is 5.77. The maximum absolute atomic E-state index is 11.4. The van der Waals surface area contributed by atoms with Gasteiger partial charge in [0.05, 0.1) is 0 Å². The van der Waals surface area contributed by atoms with Crippen LogP contribution in [0.25, 0.3) is 0 Å². The van der Waals surface area contributed by atoms with Crippen molar-refractivity contribution in [1.82, 2.24) is 0 Å². The van der Waals surface area contributed by atoms with E-state index in [0.29, 0.717) is 12.8 Å². The summed E-state index contributed by atoms with van der Waals surface area (Å²) in [6.45, 7) is 8.44. The maximum atomic E-state index is 11.4. The van der Waals surface area contributed by atoms with Gasteiger partial charge in [-0.25, -0.2) is 4.79 Å². The lowest BCUT2D eigenvalue weighted by molar-refractivity contribution is -0.172. The minimum atomic E-state index is -1.52. The smallest absolute Gasteiger partial charge is 0.335 e. The van der Waals surface area contributed by atoms with Crippen LogP contribution in [0.2, 0.25) is 0 Å². The molecule has 1 rings (SSSR count). The molecule has 0 amide bonds. The Kier molecular flexibility index (Phi) is 4.23. The molecule has 0 saturated heterocycles. The zero-order chi connectivity index (χ0) is 13.3. The van der Waals surface area contributed by atoms with E-state index in [-0.39, 0.29) is 17.3 Å². The summed E-state index contributed by atoms with van der Waals surface area (Å²) in [5.41, 5.74) is -1.24. The summed E-state index contributed by atoms with van der Waals surface area (Å²) in [5, 5.41) is 19.8. The minimum Gasteiger partial charge on any atom is -0.479 e. The van der Waals surface area contributed by atoms with Gasteiger partial charge in [-0.2, -0.15) is 0 Å². The van der Waals surface area contributed by atoms with Gasteiger partial charge in [-0.3, -0.25) is 0 Å². The number of hydrogen-bond donors (Lipinski definition) is 2. The van der Waals surface area contributed by atoms with Gasteiger partial charge < -0.3 is 10.2 Å². The normalized spacial score (nSPS) is 31.8. The van der Waals surface area contributed by atoms with Crippen LogP contribution in [0.3, 0.4) is 0 Å². The number of hydrogen-bond acceptors (Lipinski definition) is 2. The van der Waals surface area contributed by atoms with Gasteiger partial charge in [0.25, 0.3) is 0 Å². The molecule has 0 aliphatic heterocycles. The summed E-state index contributed by atoms with van der Waals surface area (Å²) < 4.78 is 0. The molecule has 17 heavy (non-hydrogen) atoms. The van der Waals surface area contributed by atoms with Crippen LogP contribution in [0.5, 0.6) is 0 Å². The molecule has 2 N–H and O–H groups in total. The van der Waals surface area contributed by atoms with Crippen LogP contribution in [0, 0.1) is 17.3 Å².